The summed E-state index contributed by atoms with van der Waals surface area (Å²) in [5, 5.41) is 12.5. The molecule has 0 spiro atoms. The van der Waals surface area contributed by atoms with E-state index in [4.69, 9.17) is 0 Å². The number of rotatable bonds is 4. The van der Waals surface area contributed by atoms with Gasteiger partial charge < -0.3 is 15.3 Å². The minimum Gasteiger partial charge on any atom is -0.480 e. The number of carboxylic acid groups (broad SMARTS) is 1. The third-order valence-corrected chi connectivity index (χ3v) is 4.33. The molecule has 0 aliphatic carbocycles. The summed E-state index contributed by atoms with van der Waals surface area (Å²) >= 11 is 0. The normalized spacial score (nSPS) is 31.8. The molecular weight excluding hydrogens is 232 g/mol. The number of carbonyl (C=O) groups is 2. The topological polar surface area (TPSA) is 69.6 Å². The number of likely N-dealkylation sites (tertiary alicyclic amines) is 1. The molecule has 0 aromatic heterocycles. The van der Waals surface area contributed by atoms with Crippen molar-refractivity contribution in [2.24, 2.45) is 5.92 Å². The van der Waals surface area contributed by atoms with Crippen molar-refractivity contribution >= 4 is 11.9 Å². The highest BCUT2D eigenvalue weighted by atomic mass is 16.4. The third-order valence-electron chi connectivity index (χ3n) is 4.33. The van der Waals surface area contributed by atoms with E-state index >= 15 is 0 Å². The standard InChI is InChI=1S/C13H22N2O3/c1-13(12(17)18)6-2-8-15(13)11(16)4-3-10-5-7-14-9-10/h10,14H,2-9H2,1H3,(H,17,18). The molecule has 2 unspecified atom stereocenters. The van der Waals surface area contributed by atoms with E-state index < -0.39 is 11.5 Å². The zero-order valence-electron chi connectivity index (χ0n) is 10.9. The van der Waals surface area contributed by atoms with Crippen molar-refractivity contribution in [2.75, 3.05) is 19.6 Å². The van der Waals surface area contributed by atoms with Crippen LogP contribution in [0.5, 0.6) is 0 Å². The van der Waals surface area contributed by atoms with Crippen LogP contribution in [0.4, 0.5) is 0 Å². The SMILES string of the molecule is CC1(C(=O)O)CCCN1C(=O)CCC1CCNC1. The minimum atomic E-state index is -0.981. The van der Waals surface area contributed by atoms with Gasteiger partial charge in [0.25, 0.3) is 0 Å². The van der Waals surface area contributed by atoms with E-state index in [2.05, 4.69) is 5.32 Å². The Balaban J connectivity index is 1.89. The Bertz CT molecular complexity index is 339. The molecule has 18 heavy (non-hydrogen) atoms. The molecule has 2 rings (SSSR count). The van der Waals surface area contributed by atoms with Gasteiger partial charge in [-0.3, -0.25) is 4.79 Å². The second kappa shape index (κ2) is 5.26. The molecule has 0 saturated carbocycles. The van der Waals surface area contributed by atoms with Gasteiger partial charge in [-0.05, 0) is 51.6 Å². The van der Waals surface area contributed by atoms with Gasteiger partial charge in [0.15, 0.2) is 0 Å². The average molecular weight is 254 g/mol. The molecule has 2 aliphatic heterocycles. The van der Waals surface area contributed by atoms with Crippen LogP contribution in [0, 0.1) is 5.92 Å². The fraction of sp³-hybridized carbons (Fsp3) is 0.846. The van der Waals surface area contributed by atoms with Crippen LogP contribution in [0.25, 0.3) is 0 Å². The lowest BCUT2D eigenvalue weighted by molar-refractivity contribution is -0.155. The highest BCUT2D eigenvalue weighted by Gasteiger charge is 2.45. The molecule has 2 saturated heterocycles. The Morgan fingerprint density at radius 2 is 2.28 bits per heavy atom. The van der Waals surface area contributed by atoms with Gasteiger partial charge in [-0.2, -0.15) is 0 Å². The van der Waals surface area contributed by atoms with Crippen LogP contribution in [-0.4, -0.2) is 47.1 Å². The van der Waals surface area contributed by atoms with Crippen molar-refractivity contribution in [3.05, 3.63) is 0 Å². The van der Waals surface area contributed by atoms with Gasteiger partial charge >= 0.3 is 5.97 Å². The summed E-state index contributed by atoms with van der Waals surface area (Å²) in [6.07, 6.45) is 3.84. The molecule has 0 aromatic rings. The van der Waals surface area contributed by atoms with Crippen LogP contribution in [0.2, 0.25) is 0 Å². The molecule has 0 aromatic carbocycles. The molecule has 2 N–H and O–H groups in total. The highest BCUT2D eigenvalue weighted by molar-refractivity contribution is 5.87. The first-order valence-electron chi connectivity index (χ1n) is 6.78. The van der Waals surface area contributed by atoms with Crippen LogP contribution in [0.1, 0.15) is 39.0 Å². The number of nitrogens with zero attached hydrogens (tertiary/aromatic N) is 1. The number of aliphatic carboxylic acids is 1. The summed E-state index contributed by atoms with van der Waals surface area (Å²) in [5.41, 5.74) is -0.981. The predicted molar refractivity (Wildman–Crippen MR) is 67.2 cm³/mol. The smallest absolute Gasteiger partial charge is 0.329 e. The van der Waals surface area contributed by atoms with E-state index in [1.54, 1.807) is 11.8 Å². The van der Waals surface area contributed by atoms with Crippen molar-refractivity contribution < 1.29 is 14.7 Å². The van der Waals surface area contributed by atoms with Gasteiger partial charge in [0.05, 0.1) is 0 Å². The fourth-order valence-electron chi connectivity index (χ4n) is 3.01. The summed E-state index contributed by atoms with van der Waals surface area (Å²) in [6, 6.07) is 0. The summed E-state index contributed by atoms with van der Waals surface area (Å²) in [6.45, 7) is 4.28. The highest BCUT2D eigenvalue weighted by Crippen LogP contribution is 2.30. The lowest BCUT2D eigenvalue weighted by Gasteiger charge is -2.31. The summed E-state index contributed by atoms with van der Waals surface area (Å²) < 4.78 is 0. The van der Waals surface area contributed by atoms with E-state index in [1.807, 2.05) is 0 Å². The third kappa shape index (κ3) is 2.51. The first-order valence-corrected chi connectivity index (χ1v) is 6.78. The number of carboxylic acids is 1. The molecule has 102 valence electrons. The van der Waals surface area contributed by atoms with E-state index in [9.17, 15) is 14.7 Å². The number of hydrogen-bond acceptors (Lipinski definition) is 3. The van der Waals surface area contributed by atoms with E-state index in [1.165, 1.54) is 0 Å². The van der Waals surface area contributed by atoms with E-state index in [0.717, 1.165) is 32.4 Å². The second-order valence-corrected chi connectivity index (χ2v) is 5.63. The van der Waals surface area contributed by atoms with Crippen molar-refractivity contribution in [3.8, 4) is 0 Å². The van der Waals surface area contributed by atoms with Gasteiger partial charge in [-0.15, -0.1) is 0 Å². The Kier molecular flexibility index (Phi) is 3.90. The van der Waals surface area contributed by atoms with Crippen LogP contribution in [0.3, 0.4) is 0 Å². The van der Waals surface area contributed by atoms with Crippen LogP contribution >= 0.6 is 0 Å². The van der Waals surface area contributed by atoms with Gasteiger partial charge in [-0.25, -0.2) is 4.79 Å². The molecule has 5 nitrogen and oxygen atoms in total. The zero-order chi connectivity index (χ0) is 13.2. The second-order valence-electron chi connectivity index (χ2n) is 5.63. The molecule has 0 radical (unpaired) electrons. The van der Waals surface area contributed by atoms with Gasteiger partial charge in [0.1, 0.15) is 5.54 Å². The quantitative estimate of drug-likeness (QED) is 0.780. The number of hydrogen-bond donors (Lipinski definition) is 2. The number of carbonyl (C=O) groups excluding carboxylic acids is 1. The Morgan fingerprint density at radius 1 is 1.50 bits per heavy atom. The molecule has 2 fully saturated rings. The van der Waals surface area contributed by atoms with E-state index in [-0.39, 0.29) is 5.91 Å². The van der Waals surface area contributed by atoms with Crippen LogP contribution < -0.4 is 5.32 Å². The first kappa shape index (κ1) is 13.3. The maximum absolute atomic E-state index is 12.2. The monoisotopic (exact) mass is 254 g/mol. The molecule has 5 heteroatoms. The minimum absolute atomic E-state index is 0.00398. The van der Waals surface area contributed by atoms with Crippen molar-refractivity contribution in [3.63, 3.8) is 0 Å². The van der Waals surface area contributed by atoms with Gasteiger partial charge in [0, 0.05) is 13.0 Å². The molecule has 1 amide bonds. The number of amides is 1. The number of nitrogens with one attached hydrogen (secondary N) is 1. The van der Waals surface area contributed by atoms with Crippen LogP contribution in [-0.2, 0) is 9.59 Å². The lowest BCUT2D eigenvalue weighted by Crippen LogP contribution is -2.50. The summed E-state index contributed by atoms with van der Waals surface area (Å²) in [7, 11) is 0. The van der Waals surface area contributed by atoms with Crippen molar-refractivity contribution in [2.45, 2.75) is 44.6 Å². The van der Waals surface area contributed by atoms with Crippen molar-refractivity contribution in [1.82, 2.24) is 10.2 Å². The maximum Gasteiger partial charge on any atom is 0.329 e. The van der Waals surface area contributed by atoms with Gasteiger partial charge in [0.2, 0.25) is 5.91 Å². The molecule has 0 bridgehead atoms. The average Bonchev–Trinajstić information content (AvgIpc) is 2.95. The largest absolute Gasteiger partial charge is 0.480 e. The predicted octanol–water partition coefficient (Wildman–Crippen LogP) is 0.842. The van der Waals surface area contributed by atoms with Crippen molar-refractivity contribution in [1.29, 1.82) is 0 Å². The zero-order valence-corrected chi connectivity index (χ0v) is 10.9. The lowest BCUT2D eigenvalue weighted by atomic mass is 9.97. The Hall–Kier alpha value is -1.10. The van der Waals surface area contributed by atoms with Crippen LogP contribution in [0.15, 0.2) is 0 Å². The molecule has 2 heterocycles. The molecule has 2 aliphatic rings. The Morgan fingerprint density at radius 3 is 2.89 bits per heavy atom. The summed E-state index contributed by atoms with van der Waals surface area (Å²) in [4.78, 5) is 25.0. The Labute approximate surface area is 108 Å². The summed E-state index contributed by atoms with van der Waals surface area (Å²) in [5.74, 6) is -0.298. The van der Waals surface area contributed by atoms with E-state index in [0.29, 0.717) is 25.3 Å². The molecule has 2 atom stereocenters. The fourth-order valence-corrected chi connectivity index (χ4v) is 3.01. The molecular formula is C13H22N2O3. The first-order chi connectivity index (χ1) is 8.54. The van der Waals surface area contributed by atoms with Gasteiger partial charge in [-0.1, -0.05) is 0 Å². The maximum atomic E-state index is 12.2.